The number of aliphatic hydroxyl groups is 1. The molecule has 0 aromatic rings. The van der Waals surface area contributed by atoms with E-state index in [9.17, 15) is 9.59 Å². The molecule has 0 aromatic carbocycles. The Morgan fingerprint density at radius 1 is 1.26 bits per heavy atom. The first-order valence-electron chi connectivity index (χ1n) is 6.61. The molecule has 0 radical (unpaired) electrons. The maximum Gasteiger partial charge on any atom is 0.317 e. The Labute approximate surface area is 114 Å². The van der Waals surface area contributed by atoms with Gasteiger partial charge in [-0.25, -0.2) is 4.79 Å². The van der Waals surface area contributed by atoms with Crippen LogP contribution in [0.2, 0.25) is 0 Å². The first-order valence-corrected chi connectivity index (χ1v) is 6.61. The lowest BCUT2D eigenvalue weighted by Crippen LogP contribution is -2.45. The zero-order chi connectivity index (χ0) is 15.0. The number of carbonyl (C=O) groups excluding carboxylic acids is 1. The number of hydrogen-bond donors (Lipinski definition) is 3. The molecule has 0 heterocycles. The van der Waals surface area contributed by atoms with E-state index >= 15 is 0 Å². The predicted octanol–water partition coefficient (Wildman–Crippen LogP) is 1.15. The lowest BCUT2D eigenvalue weighted by atomic mass is 9.94. The lowest BCUT2D eigenvalue weighted by Gasteiger charge is -2.25. The molecule has 0 spiro atoms. The van der Waals surface area contributed by atoms with Crippen molar-refractivity contribution in [3.05, 3.63) is 0 Å². The van der Waals surface area contributed by atoms with Gasteiger partial charge in [-0.15, -0.1) is 0 Å². The number of carboxylic acids is 1. The number of amides is 2. The minimum Gasteiger partial charge on any atom is -0.481 e. The van der Waals surface area contributed by atoms with E-state index < -0.39 is 5.97 Å². The summed E-state index contributed by atoms with van der Waals surface area (Å²) >= 11 is 0. The van der Waals surface area contributed by atoms with Crippen molar-refractivity contribution in [2.75, 3.05) is 20.2 Å². The maximum atomic E-state index is 11.8. The van der Waals surface area contributed by atoms with Crippen LogP contribution in [0.5, 0.6) is 0 Å². The molecule has 0 aliphatic heterocycles. The Balaban J connectivity index is 4.29. The Bertz CT molecular complexity index is 294. The first kappa shape index (κ1) is 17.7. The number of carboxylic acid groups (broad SMARTS) is 1. The molecule has 0 rings (SSSR count). The molecule has 3 N–H and O–H groups in total. The van der Waals surface area contributed by atoms with Gasteiger partial charge in [0.05, 0.1) is 12.6 Å². The molecule has 2 amide bonds. The molecule has 0 fully saturated rings. The SMILES string of the molecule is CC(C)C[C@H](CNC(=O)N(C)C(C)CO)CC(=O)O. The summed E-state index contributed by atoms with van der Waals surface area (Å²) < 4.78 is 0. The van der Waals surface area contributed by atoms with E-state index in [0.717, 1.165) is 6.42 Å². The van der Waals surface area contributed by atoms with Crippen LogP contribution in [0.4, 0.5) is 4.79 Å². The number of likely N-dealkylation sites (N-methyl/N-ethyl adjacent to an activating group) is 1. The van der Waals surface area contributed by atoms with Crippen molar-refractivity contribution in [3.8, 4) is 0 Å². The standard InChI is InChI=1S/C13H26N2O4/c1-9(2)5-11(6-12(17)18)7-14-13(19)15(4)10(3)8-16/h9-11,16H,5-8H2,1-4H3,(H,14,19)(H,17,18)/t10?,11-/m0/s1. The molecule has 2 atom stereocenters. The minimum atomic E-state index is -0.850. The second kappa shape index (κ2) is 8.74. The molecule has 1 unspecified atom stereocenters. The summed E-state index contributed by atoms with van der Waals surface area (Å²) in [5, 5.41) is 20.5. The Hall–Kier alpha value is -1.30. The average Bonchev–Trinajstić information content (AvgIpc) is 2.32. The van der Waals surface area contributed by atoms with Gasteiger partial charge in [-0.05, 0) is 25.2 Å². The fraction of sp³-hybridized carbons (Fsp3) is 0.846. The van der Waals surface area contributed by atoms with E-state index in [2.05, 4.69) is 5.32 Å². The van der Waals surface area contributed by atoms with Gasteiger partial charge in [-0.2, -0.15) is 0 Å². The van der Waals surface area contributed by atoms with Gasteiger partial charge in [-0.1, -0.05) is 13.8 Å². The number of carbonyl (C=O) groups is 2. The van der Waals surface area contributed by atoms with Crippen LogP contribution in [0.3, 0.4) is 0 Å². The van der Waals surface area contributed by atoms with Crippen molar-refractivity contribution < 1.29 is 19.8 Å². The number of rotatable bonds is 8. The highest BCUT2D eigenvalue weighted by molar-refractivity contribution is 5.74. The van der Waals surface area contributed by atoms with Crippen LogP contribution in [0, 0.1) is 11.8 Å². The van der Waals surface area contributed by atoms with Crippen LogP contribution in [0.15, 0.2) is 0 Å². The zero-order valence-electron chi connectivity index (χ0n) is 12.2. The third-order valence-electron chi connectivity index (χ3n) is 3.06. The fourth-order valence-electron chi connectivity index (χ4n) is 1.83. The van der Waals surface area contributed by atoms with Crippen LogP contribution >= 0.6 is 0 Å². The number of aliphatic hydroxyl groups excluding tert-OH is 1. The second-order valence-electron chi connectivity index (χ2n) is 5.42. The Morgan fingerprint density at radius 3 is 2.26 bits per heavy atom. The van der Waals surface area contributed by atoms with Crippen molar-refractivity contribution in [3.63, 3.8) is 0 Å². The van der Waals surface area contributed by atoms with Crippen molar-refractivity contribution in [2.24, 2.45) is 11.8 Å². The molecule has 19 heavy (non-hydrogen) atoms. The molecule has 0 aliphatic rings. The molecule has 0 saturated heterocycles. The number of hydrogen-bond acceptors (Lipinski definition) is 3. The summed E-state index contributed by atoms with van der Waals surface area (Å²) in [4.78, 5) is 24.0. The average molecular weight is 274 g/mol. The number of nitrogens with zero attached hydrogens (tertiary/aromatic N) is 1. The predicted molar refractivity (Wildman–Crippen MR) is 72.9 cm³/mol. The van der Waals surface area contributed by atoms with Crippen LogP contribution in [0.25, 0.3) is 0 Å². The van der Waals surface area contributed by atoms with E-state index in [1.807, 2.05) is 13.8 Å². The third kappa shape index (κ3) is 7.66. The van der Waals surface area contributed by atoms with Crippen molar-refractivity contribution in [1.29, 1.82) is 0 Å². The molecule has 0 aromatic heterocycles. The smallest absolute Gasteiger partial charge is 0.317 e. The van der Waals surface area contributed by atoms with E-state index in [1.54, 1.807) is 14.0 Å². The summed E-state index contributed by atoms with van der Waals surface area (Å²) in [6.45, 7) is 6.02. The van der Waals surface area contributed by atoms with Crippen molar-refractivity contribution in [2.45, 2.75) is 39.7 Å². The van der Waals surface area contributed by atoms with Gasteiger partial charge in [-0.3, -0.25) is 4.79 Å². The maximum absolute atomic E-state index is 11.8. The lowest BCUT2D eigenvalue weighted by molar-refractivity contribution is -0.138. The molecular weight excluding hydrogens is 248 g/mol. The highest BCUT2D eigenvalue weighted by Crippen LogP contribution is 2.14. The molecule has 0 saturated carbocycles. The van der Waals surface area contributed by atoms with Crippen molar-refractivity contribution in [1.82, 2.24) is 10.2 Å². The van der Waals surface area contributed by atoms with E-state index in [4.69, 9.17) is 10.2 Å². The van der Waals surface area contributed by atoms with E-state index in [-0.39, 0.29) is 31.0 Å². The second-order valence-corrected chi connectivity index (χ2v) is 5.42. The zero-order valence-corrected chi connectivity index (χ0v) is 12.2. The first-order chi connectivity index (χ1) is 8.77. The summed E-state index contributed by atoms with van der Waals surface area (Å²) in [6.07, 6.45) is 0.809. The van der Waals surface area contributed by atoms with Crippen LogP contribution in [-0.2, 0) is 4.79 Å². The summed E-state index contributed by atoms with van der Waals surface area (Å²) in [7, 11) is 1.60. The summed E-state index contributed by atoms with van der Waals surface area (Å²) in [5.74, 6) is -0.536. The van der Waals surface area contributed by atoms with E-state index in [0.29, 0.717) is 12.5 Å². The molecule has 6 heteroatoms. The van der Waals surface area contributed by atoms with Gasteiger partial charge in [0.15, 0.2) is 0 Å². The highest BCUT2D eigenvalue weighted by atomic mass is 16.4. The van der Waals surface area contributed by atoms with E-state index in [1.165, 1.54) is 4.90 Å². The van der Waals surface area contributed by atoms with Gasteiger partial charge in [0.1, 0.15) is 0 Å². The Kier molecular flexibility index (Phi) is 8.14. The summed E-state index contributed by atoms with van der Waals surface area (Å²) in [6, 6.07) is -0.552. The minimum absolute atomic E-state index is 0.0533. The summed E-state index contributed by atoms with van der Waals surface area (Å²) in [5.41, 5.74) is 0. The quantitative estimate of drug-likeness (QED) is 0.619. The van der Waals surface area contributed by atoms with Crippen LogP contribution in [0.1, 0.15) is 33.6 Å². The third-order valence-corrected chi connectivity index (χ3v) is 3.06. The Morgan fingerprint density at radius 2 is 1.84 bits per heavy atom. The number of aliphatic carboxylic acids is 1. The fourth-order valence-corrected chi connectivity index (χ4v) is 1.83. The molecule has 6 nitrogen and oxygen atoms in total. The largest absolute Gasteiger partial charge is 0.481 e. The van der Waals surface area contributed by atoms with Crippen LogP contribution < -0.4 is 5.32 Å². The number of nitrogens with one attached hydrogen (secondary N) is 1. The van der Waals surface area contributed by atoms with Crippen molar-refractivity contribution >= 4 is 12.0 Å². The topological polar surface area (TPSA) is 89.9 Å². The number of urea groups is 1. The van der Waals surface area contributed by atoms with Gasteiger partial charge >= 0.3 is 12.0 Å². The normalized spacial score (nSPS) is 14.0. The monoisotopic (exact) mass is 274 g/mol. The molecule has 112 valence electrons. The van der Waals surface area contributed by atoms with Gasteiger partial charge in [0.25, 0.3) is 0 Å². The highest BCUT2D eigenvalue weighted by Gasteiger charge is 2.19. The molecular formula is C13H26N2O4. The van der Waals surface area contributed by atoms with Gasteiger partial charge in [0, 0.05) is 20.0 Å². The molecule has 0 bridgehead atoms. The van der Waals surface area contributed by atoms with Gasteiger partial charge in [0.2, 0.25) is 0 Å². The van der Waals surface area contributed by atoms with Gasteiger partial charge < -0.3 is 20.4 Å². The molecule has 0 aliphatic carbocycles. The van der Waals surface area contributed by atoms with Crippen LogP contribution in [-0.4, -0.2) is 53.4 Å².